The molecule has 33 heavy (non-hydrogen) atoms. The van der Waals surface area contributed by atoms with Crippen LogP contribution >= 0.6 is 0 Å². The molecule has 0 fully saturated rings. The van der Waals surface area contributed by atoms with E-state index in [-0.39, 0.29) is 12.5 Å². The van der Waals surface area contributed by atoms with Gasteiger partial charge in [0.25, 0.3) is 5.91 Å². The fraction of sp³-hybridized carbons (Fsp3) is 0.107. The lowest BCUT2D eigenvalue weighted by Crippen LogP contribution is -2.13. The Balaban J connectivity index is 1.50. The van der Waals surface area contributed by atoms with Gasteiger partial charge >= 0.3 is 0 Å². The normalized spacial score (nSPS) is 10.4. The summed E-state index contributed by atoms with van der Waals surface area (Å²) in [5.74, 6) is 2.42. The number of ether oxygens (including phenoxy) is 3. The molecule has 166 valence electrons. The minimum absolute atomic E-state index is 0.252. The highest BCUT2D eigenvalue weighted by atomic mass is 16.5. The lowest BCUT2D eigenvalue weighted by Gasteiger charge is -2.14. The number of aryl methyl sites for hydroxylation is 1. The monoisotopic (exact) mass is 439 g/mol. The first kappa shape index (κ1) is 22.0. The van der Waals surface area contributed by atoms with Crippen LogP contribution < -0.4 is 19.5 Å². The quantitative estimate of drug-likeness (QED) is 0.335. The summed E-state index contributed by atoms with van der Waals surface area (Å²) in [4.78, 5) is 13.0. The number of hydrogen-bond donors (Lipinski definition) is 1. The molecule has 0 aliphatic rings. The van der Waals surface area contributed by atoms with Crippen LogP contribution in [0, 0.1) is 6.92 Å². The number of nitrogens with one attached hydrogen (secondary N) is 1. The summed E-state index contributed by atoms with van der Waals surface area (Å²) in [6.45, 7) is 2.30. The van der Waals surface area contributed by atoms with Crippen molar-refractivity contribution in [3.63, 3.8) is 0 Å². The summed E-state index contributed by atoms with van der Waals surface area (Å²) in [5.41, 5.74) is 3.02. The van der Waals surface area contributed by atoms with Gasteiger partial charge in [0.15, 0.2) is 5.75 Å². The van der Waals surface area contributed by atoms with E-state index in [1.165, 1.54) is 0 Å². The molecule has 4 aromatic carbocycles. The molecule has 5 heteroatoms. The lowest BCUT2D eigenvalue weighted by molar-refractivity contribution is 0.102. The van der Waals surface area contributed by atoms with E-state index in [1.54, 1.807) is 31.4 Å². The average molecular weight is 440 g/mol. The molecule has 0 heterocycles. The van der Waals surface area contributed by atoms with Crippen LogP contribution in [0.4, 0.5) is 5.69 Å². The average Bonchev–Trinajstić information content (AvgIpc) is 2.85. The van der Waals surface area contributed by atoms with Gasteiger partial charge in [-0.25, -0.2) is 0 Å². The summed E-state index contributed by atoms with van der Waals surface area (Å²) in [5, 5.41) is 2.95. The van der Waals surface area contributed by atoms with E-state index in [1.807, 2.05) is 79.7 Å². The predicted octanol–water partition coefficient (Wildman–Crippen LogP) is 6.63. The maximum Gasteiger partial charge on any atom is 0.255 e. The zero-order valence-electron chi connectivity index (χ0n) is 18.6. The number of benzene rings is 4. The Morgan fingerprint density at radius 2 is 1.52 bits per heavy atom. The summed E-state index contributed by atoms with van der Waals surface area (Å²) in [6, 6.07) is 29.9. The molecule has 1 amide bonds. The molecule has 0 saturated heterocycles. The number of carbonyl (C=O) groups is 1. The first-order valence-electron chi connectivity index (χ1n) is 10.6. The summed E-state index contributed by atoms with van der Waals surface area (Å²) >= 11 is 0. The highest BCUT2D eigenvalue weighted by molar-refractivity contribution is 6.05. The molecule has 0 saturated carbocycles. The number of hydrogen-bond acceptors (Lipinski definition) is 4. The number of carbonyl (C=O) groups excluding carboxylic acids is 1. The smallest absolute Gasteiger partial charge is 0.255 e. The van der Waals surface area contributed by atoms with Crippen molar-refractivity contribution in [2.24, 2.45) is 0 Å². The highest BCUT2D eigenvalue weighted by Crippen LogP contribution is 2.30. The van der Waals surface area contributed by atoms with Crippen molar-refractivity contribution in [3.05, 3.63) is 114 Å². The third kappa shape index (κ3) is 5.71. The Kier molecular flexibility index (Phi) is 6.90. The zero-order valence-corrected chi connectivity index (χ0v) is 18.6. The first-order valence-corrected chi connectivity index (χ1v) is 10.6. The second-order valence-corrected chi connectivity index (χ2v) is 7.49. The fourth-order valence-electron chi connectivity index (χ4n) is 3.30. The SMILES string of the molecule is COc1ccc(C(=O)Nc2ccccc2Oc2ccccc2)cc1COc1ccc(C)cc1. The topological polar surface area (TPSA) is 56.8 Å². The van der Waals surface area contributed by atoms with E-state index in [0.717, 1.165) is 16.9 Å². The van der Waals surface area contributed by atoms with Gasteiger partial charge in [0.1, 0.15) is 23.9 Å². The fourth-order valence-corrected chi connectivity index (χ4v) is 3.30. The van der Waals surface area contributed by atoms with Crippen LogP contribution in [0.25, 0.3) is 0 Å². The van der Waals surface area contributed by atoms with Gasteiger partial charge in [-0.15, -0.1) is 0 Å². The van der Waals surface area contributed by atoms with Crippen molar-refractivity contribution in [1.29, 1.82) is 0 Å². The number of methoxy groups -OCH3 is 1. The Morgan fingerprint density at radius 1 is 0.788 bits per heavy atom. The van der Waals surface area contributed by atoms with Crippen LogP contribution in [0.3, 0.4) is 0 Å². The molecule has 0 aliphatic carbocycles. The molecule has 0 spiro atoms. The van der Waals surface area contributed by atoms with Crippen LogP contribution in [0.1, 0.15) is 21.5 Å². The Morgan fingerprint density at radius 3 is 2.27 bits per heavy atom. The van der Waals surface area contributed by atoms with E-state index in [2.05, 4.69) is 5.32 Å². The molecule has 5 nitrogen and oxygen atoms in total. The molecular formula is C28H25NO4. The van der Waals surface area contributed by atoms with Crippen LogP contribution in [0.2, 0.25) is 0 Å². The van der Waals surface area contributed by atoms with Crippen LogP contribution in [-0.4, -0.2) is 13.0 Å². The van der Waals surface area contributed by atoms with Crippen molar-refractivity contribution in [2.45, 2.75) is 13.5 Å². The van der Waals surface area contributed by atoms with Crippen molar-refractivity contribution >= 4 is 11.6 Å². The van der Waals surface area contributed by atoms with E-state index in [0.29, 0.717) is 28.5 Å². The summed E-state index contributed by atoms with van der Waals surface area (Å²) in [6.07, 6.45) is 0. The Hall–Kier alpha value is -4.25. The molecule has 0 unspecified atom stereocenters. The lowest BCUT2D eigenvalue weighted by atomic mass is 10.1. The number of anilines is 1. The molecular weight excluding hydrogens is 414 g/mol. The minimum Gasteiger partial charge on any atom is -0.496 e. The number of para-hydroxylation sites is 3. The summed E-state index contributed by atoms with van der Waals surface area (Å²) in [7, 11) is 1.60. The number of rotatable bonds is 8. The first-order chi connectivity index (χ1) is 16.1. The van der Waals surface area contributed by atoms with Gasteiger partial charge in [0, 0.05) is 11.1 Å². The van der Waals surface area contributed by atoms with Crippen molar-refractivity contribution < 1.29 is 19.0 Å². The number of amides is 1. The molecule has 0 aromatic heterocycles. The van der Waals surface area contributed by atoms with E-state index in [9.17, 15) is 4.79 Å². The Bertz CT molecular complexity index is 1220. The maximum absolute atomic E-state index is 13.0. The van der Waals surface area contributed by atoms with Gasteiger partial charge < -0.3 is 19.5 Å². The summed E-state index contributed by atoms with van der Waals surface area (Å²) < 4.78 is 17.3. The largest absolute Gasteiger partial charge is 0.496 e. The second kappa shape index (κ2) is 10.4. The van der Waals surface area contributed by atoms with E-state index in [4.69, 9.17) is 14.2 Å². The molecule has 1 N–H and O–H groups in total. The standard InChI is InChI=1S/C28H25NO4/c1-20-12-15-23(16-13-20)32-19-22-18-21(14-17-26(22)31-2)28(30)29-25-10-6-7-11-27(25)33-24-8-4-3-5-9-24/h3-18H,19H2,1-2H3,(H,29,30). The van der Waals surface area contributed by atoms with E-state index < -0.39 is 0 Å². The zero-order chi connectivity index (χ0) is 23.0. The van der Waals surface area contributed by atoms with Gasteiger partial charge in [-0.3, -0.25) is 4.79 Å². The highest BCUT2D eigenvalue weighted by Gasteiger charge is 2.14. The molecule has 0 atom stereocenters. The van der Waals surface area contributed by atoms with Crippen molar-refractivity contribution in [1.82, 2.24) is 0 Å². The Labute approximate surface area is 193 Å². The second-order valence-electron chi connectivity index (χ2n) is 7.49. The third-order valence-electron chi connectivity index (χ3n) is 5.06. The van der Waals surface area contributed by atoms with Gasteiger partial charge in [-0.2, -0.15) is 0 Å². The molecule has 4 rings (SSSR count). The maximum atomic E-state index is 13.0. The van der Waals surface area contributed by atoms with Gasteiger partial charge in [-0.05, 0) is 61.5 Å². The van der Waals surface area contributed by atoms with Crippen molar-refractivity contribution in [3.8, 4) is 23.0 Å². The van der Waals surface area contributed by atoms with Crippen LogP contribution in [-0.2, 0) is 6.61 Å². The molecule has 0 radical (unpaired) electrons. The van der Waals surface area contributed by atoms with E-state index >= 15 is 0 Å². The van der Waals surface area contributed by atoms with Gasteiger partial charge in [0.2, 0.25) is 0 Å². The van der Waals surface area contributed by atoms with Gasteiger partial charge in [-0.1, -0.05) is 48.0 Å². The van der Waals surface area contributed by atoms with Crippen molar-refractivity contribution in [2.75, 3.05) is 12.4 Å². The molecule has 4 aromatic rings. The third-order valence-corrected chi connectivity index (χ3v) is 5.06. The molecule has 0 bridgehead atoms. The molecule has 0 aliphatic heterocycles. The minimum atomic E-state index is -0.252. The van der Waals surface area contributed by atoms with Gasteiger partial charge in [0.05, 0.1) is 12.8 Å². The van der Waals surface area contributed by atoms with Crippen LogP contribution in [0.5, 0.6) is 23.0 Å². The predicted molar refractivity (Wildman–Crippen MR) is 129 cm³/mol. The van der Waals surface area contributed by atoms with Crippen LogP contribution in [0.15, 0.2) is 97.1 Å².